The van der Waals surface area contributed by atoms with Gasteiger partial charge >= 0.3 is 6.09 Å². The molecule has 2 saturated heterocycles. The van der Waals surface area contributed by atoms with E-state index in [0.29, 0.717) is 43.6 Å². The number of carboxylic acid groups (broad SMARTS) is 1. The van der Waals surface area contributed by atoms with Crippen molar-refractivity contribution >= 4 is 50.6 Å². The lowest BCUT2D eigenvalue weighted by molar-refractivity contribution is 0.00205. The Labute approximate surface area is 372 Å². The highest BCUT2D eigenvalue weighted by atomic mass is 16.5. The number of pyridine rings is 2. The van der Waals surface area contributed by atoms with Gasteiger partial charge < -0.3 is 40.7 Å². The number of hydrogen-bond acceptors (Lipinski definition) is 10. The van der Waals surface area contributed by atoms with Gasteiger partial charge in [0.25, 0.3) is 0 Å². The number of benzene rings is 4. The fourth-order valence-electron chi connectivity index (χ4n) is 8.00. The number of carbonyl (C=O) groups is 1. The number of nitrogen functional groups attached to an aromatic ring is 1. The molecule has 0 saturated carbocycles. The molecule has 4 heterocycles. The quantitative estimate of drug-likeness (QED) is 0.0883. The molecule has 0 aliphatic carbocycles. The summed E-state index contributed by atoms with van der Waals surface area (Å²) in [5, 5.41) is 20.7. The molecule has 0 atom stereocenters. The zero-order valence-corrected chi connectivity index (χ0v) is 37.5. The predicted molar refractivity (Wildman–Crippen MR) is 256 cm³/mol. The van der Waals surface area contributed by atoms with Gasteiger partial charge in [-0.2, -0.15) is 0 Å². The van der Waals surface area contributed by atoms with E-state index in [1.54, 1.807) is 12.4 Å². The van der Waals surface area contributed by atoms with Crippen molar-refractivity contribution in [3.63, 3.8) is 0 Å². The Morgan fingerprint density at radius 1 is 0.651 bits per heavy atom. The fourth-order valence-corrected chi connectivity index (χ4v) is 8.00. The van der Waals surface area contributed by atoms with E-state index < -0.39 is 11.6 Å². The second-order valence-electron chi connectivity index (χ2n) is 18.0. The van der Waals surface area contributed by atoms with E-state index in [2.05, 4.69) is 111 Å². The van der Waals surface area contributed by atoms with Gasteiger partial charge in [-0.1, -0.05) is 60.7 Å². The summed E-state index contributed by atoms with van der Waals surface area (Å²) in [6, 6.07) is 33.3. The molecule has 332 valence electrons. The lowest BCUT2D eigenvalue weighted by Gasteiger charge is -2.32. The summed E-state index contributed by atoms with van der Waals surface area (Å²) >= 11 is 0. The zero-order valence-electron chi connectivity index (χ0n) is 37.5. The minimum Gasteiger partial charge on any atom is -0.465 e. The minimum atomic E-state index is -1.01. The molecule has 6 aromatic rings. The van der Waals surface area contributed by atoms with Gasteiger partial charge in [-0.15, -0.1) is 0 Å². The van der Waals surface area contributed by atoms with Crippen LogP contribution >= 0.6 is 0 Å². The lowest BCUT2D eigenvalue weighted by Crippen LogP contribution is -2.45. The zero-order chi connectivity index (χ0) is 44.3. The molecule has 8 rings (SSSR count). The topological polar surface area (TPSA) is 141 Å². The van der Waals surface area contributed by atoms with Crippen molar-refractivity contribution in [3.8, 4) is 0 Å². The molecule has 2 aliphatic heterocycles. The minimum absolute atomic E-state index is 0.363. The number of ether oxygens (including phenoxy) is 2. The van der Waals surface area contributed by atoms with Gasteiger partial charge in [0.15, 0.2) is 0 Å². The monoisotopic (exact) mass is 853 g/mol. The first-order valence-electron chi connectivity index (χ1n) is 22.2. The number of fused-ring (bicyclic) bond motifs is 2. The molecule has 0 unspecified atom stereocenters. The number of amides is 1. The van der Waals surface area contributed by atoms with Crippen LogP contribution in [0.5, 0.6) is 0 Å². The van der Waals surface area contributed by atoms with Gasteiger partial charge in [-0.3, -0.25) is 4.90 Å². The molecular formula is C51H64N8O4. The number of piperidine rings is 2. The second kappa shape index (κ2) is 21.1. The number of anilines is 4. The molecule has 5 N–H and O–H groups in total. The van der Waals surface area contributed by atoms with Gasteiger partial charge in [0.05, 0.1) is 25.4 Å². The number of aromatic nitrogens is 2. The molecule has 0 radical (unpaired) electrons. The largest absolute Gasteiger partial charge is 0.465 e. The first kappa shape index (κ1) is 45.2. The molecule has 0 bridgehead atoms. The molecule has 63 heavy (non-hydrogen) atoms. The highest BCUT2D eigenvalue weighted by Crippen LogP contribution is 2.28. The number of likely N-dealkylation sites (tertiary alicyclic amines) is 2. The molecule has 2 aliphatic rings. The Bertz CT molecular complexity index is 2400. The van der Waals surface area contributed by atoms with Crippen molar-refractivity contribution in [1.82, 2.24) is 19.8 Å². The van der Waals surface area contributed by atoms with Crippen molar-refractivity contribution in [2.75, 3.05) is 61.5 Å². The summed E-state index contributed by atoms with van der Waals surface area (Å²) in [4.78, 5) is 26.4. The summed E-state index contributed by atoms with van der Waals surface area (Å²) in [5.74, 6) is 0.968. The lowest BCUT2D eigenvalue weighted by atomic mass is 10.1. The maximum absolute atomic E-state index is 11.8. The average Bonchev–Trinajstić information content (AvgIpc) is 3.27. The molecular weight excluding hydrogens is 789 g/mol. The summed E-state index contributed by atoms with van der Waals surface area (Å²) in [7, 11) is 4.34. The van der Waals surface area contributed by atoms with Gasteiger partial charge in [-0.25, -0.2) is 14.8 Å². The SMILES string of the molecule is CN1CCC(OCc2ccc(CNc3ccc4cnc(N(C(=O)O)C(C)(C)C)cc4c3)cc2)CC1.CN1CCC(OCc2ccc(CNc3ccc4cnc(N)cc4c3)cc2)CC1. The molecule has 0 spiro atoms. The number of nitrogens with zero attached hydrogens (tertiary/aromatic N) is 5. The summed E-state index contributed by atoms with van der Waals surface area (Å²) in [6.07, 6.45) is 7.75. The van der Waals surface area contributed by atoms with Crippen molar-refractivity contribution in [3.05, 3.63) is 132 Å². The highest BCUT2D eigenvalue weighted by molar-refractivity contribution is 5.92. The van der Waals surface area contributed by atoms with E-state index in [-0.39, 0.29) is 0 Å². The maximum atomic E-state index is 11.8. The first-order chi connectivity index (χ1) is 30.3. The maximum Gasteiger partial charge on any atom is 0.413 e. The Hall–Kier alpha value is -5.79. The van der Waals surface area contributed by atoms with Gasteiger partial charge in [0.1, 0.15) is 11.6 Å². The van der Waals surface area contributed by atoms with E-state index in [0.717, 1.165) is 91.3 Å². The molecule has 12 heteroatoms. The Morgan fingerprint density at radius 2 is 1.08 bits per heavy atom. The molecule has 4 aromatic carbocycles. The van der Waals surface area contributed by atoms with E-state index in [1.165, 1.54) is 27.2 Å². The summed E-state index contributed by atoms with van der Waals surface area (Å²) in [6.45, 7) is 12.9. The van der Waals surface area contributed by atoms with Crippen LogP contribution in [0.2, 0.25) is 0 Å². The first-order valence-corrected chi connectivity index (χ1v) is 22.2. The normalized spacial score (nSPS) is 15.5. The number of hydrogen-bond donors (Lipinski definition) is 4. The van der Waals surface area contributed by atoms with Crippen molar-refractivity contribution < 1.29 is 19.4 Å². The molecule has 2 aromatic heterocycles. The summed E-state index contributed by atoms with van der Waals surface area (Å²) in [5.41, 5.74) is 12.1. The Kier molecular flexibility index (Phi) is 15.1. The van der Waals surface area contributed by atoms with Crippen molar-refractivity contribution in [2.45, 2.75) is 90.5 Å². The third-order valence-corrected chi connectivity index (χ3v) is 11.9. The molecule has 1 amide bonds. The molecule has 2 fully saturated rings. The van der Waals surface area contributed by atoms with Crippen molar-refractivity contribution in [2.24, 2.45) is 0 Å². The second-order valence-corrected chi connectivity index (χ2v) is 18.0. The standard InChI is InChI=1S/C28H36N4O3.C23H28N4O/c1-28(2,3)32(27(33)34)26-16-23-15-24(10-9-22(23)18-30-26)29-17-20-5-7-21(8-6-20)19-35-25-11-13-31(4)14-12-25;1-27-10-8-22(9-11-27)28-16-18-4-2-17(3-5-18)14-25-21-7-6-19-15-26-23(24)13-20(19)12-21/h5-10,15-16,18,25,29H,11-14,17,19H2,1-4H3,(H,33,34);2-7,12-13,15,22,25H,8-11,14,16H2,1H3,(H2,24,26). The number of nitrogens with two attached hydrogens (primary N) is 1. The van der Waals surface area contributed by atoms with Crippen molar-refractivity contribution in [1.29, 1.82) is 0 Å². The number of rotatable bonds is 13. The highest BCUT2D eigenvalue weighted by Gasteiger charge is 2.29. The smallest absolute Gasteiger partial charge is 0.413 e. The van der Waals surface area contributed by atoms with E-state index in [4.69, 9.17) is 15.2 Å². The van der Waals surface area contributed by atoms with Crippen LogP contribution in [0.1, 0.15) is 68.7 Å². The third-order valence-electron chi connectivity index (χ3n) is 11.9. The van der Waals surface area contributed by atoms with E-state index >= 15 is 0 Å². The van der Waals surface area contributed by atoms with Crippen LogP contribution in [0.25, 0.3) is 21.5 Å². The summed E-state index contributed by atoms with van der Waals surface area (Å²) < 4.78 is 12.2. The molecule has 12 nitrogen and oxygen atoms in total. The van der Waals surface area contributed by atoms with E-state index in [1.807, 2.05) is 51.1 Å². The number of nitrogens with one attached hydrogen (secondary N) is 2. The Morgan fingerprint density at radius 3 is 1.52 bits per heavy atom. The van der Waals surface area contributed by atoms with Crippen LogP contribution in [0.4, 0.5) is 27.8 Å². The van der Waals surface area contributed by atoms with E-state index in [9.17, 15) is 9.90 Å². The van der Waals surface area contributed by atoms with Crippen LogP contribution in [-0.4, -0.2) is 89.0 Å². The van der Waals surface area contributed by atoms with Crippen LogP contribution in [0.3, 0.4) is 0 Å². The Balaban J connectivity index is 0.000000193. The van der Waals surface area contributed by atoms with Crippen LogP contribution in [-0.2, 0) is 35.8 Å². The van der Waals surface area contributed by atoms with Gasteiger partial charge in [0.2, 0.25) is 0 Å². The predicted octanol–water partition coefficient (Wildman–Crippen LogP) is 9.78. The van der Waals surface area contributed by atoms with Crippen LogP contribution < -0.4 is 21.3 Å². The average molecular weight is 853 g/mol. The van der Waals surface area contributed by atoms with Crippen LogP contribution in [0.15, 0.2) is 109 Å². The third kappa shape index (κ3) is 13.1. The van der Waals surface area contributed by atoms with Crippen LogP contribution in [0, 0.1) is 0 Å². The van der Waals surface area contributed by atoms with Gasteiger partial charge in [-0.05, 0) is 130 Å². The fraction of sp³-hybridized carbons (Fsp3) is 0.392. The van der Waals surface area contributed by atoms with Gasteiger partial charge in [0, 0.05) is 79.3 Å².